The van der Waals surface area contributed by atoms with Crippen LogP contribution in [-0.4, -0.2) is 27.5 Å². The van der Waals surface area contributed by atoms with Crippen LogP contribution < -0.4 is 5.32 Å². The second kappa shape index (κ2) is 5.81. The van der Waals surface area contributed by atoms with Gasteiger partial charge in [0, 0.05) is 5.69 Å². The van der Waals surface area contributed by atoms with Gasteiger partial charge in [-0.15, -0.1) is 0 Å². The average molecular weight is 246 g/mol. The van der Waals surface area contributed by atoms with Gasteiger partial charge in [0.15, 0.2) is 0 Å². The Morgan fingerprint density at radius 2 is 2.17 bits per heavy atom. The Kier molecular flexibility index (Phi) is 3.90. The summed E-state index contributed by atoms with van der Waals surface area (Å²) >= 11 is 0. The summed E-state index contributed by atoms with van der Waals surface area (Å²) in [7, 11) is 0. The number of ether oxygens (including phenoxy) is 1. The first kappa shape index (κ1) is 12.1. The average Bonchev–Trinajstić information content (AvgIpc) is 2.91. The molecule has 0 bridgehead atoms. The third-order valence-electron chi connectivity index (χ3n) is 2.23. The van der Waals surface area contributed by atoms with Crippen LogP contribution >= 0.6 is 0 Å². The zero-order valence-corrected chi connectivity index (χ0v) is 10.0. The van der Waals surface area contributed by atoms with Crippen LogP contribution in [0.1, 0.15) is 13.3 Å². The second-order valence-corrected chi connectivity index (χ2v) is 3.65. The Bertz CT molecular complexity index is 493. The van der Waals surface area contributed by atoms with E-state index in [1.165, 1.54) is 6.33 Å². The molecule has 1 amide bonds. The lowest BCUT2D eigenvalue weighted by molar-refractivity contribution is 0.161. The molecule has 1 N–H and O–H groups in total. The molecule has 2 aromatic rings. The minimum Gasteiger partial charge on any atom is -0.449 e. The predicted octanol–water partition coefficient (Wildman–Crippen LogP) is 2.23. The van der Waals surface area contributed by atoms with Crippen LogP contribution in [0.5, 0.6) is 0 Å². The normalized spacial score (nSPS) is 10.1. The van der Waals surface area contributed by atoms with Crippen molar-refractivity contribution in [2.45, 2.75) is 13.3 Å². The molecule has 2 rings (SSSR count). The van der Waals surface area contributed by atoms with Crippen LogP contribution in [0.15, 0.2) is 36.9 Å². The van der Waals surface area contributed by atoms with Crippen molar-refractivity contribution < 1.29 is 9.53 Å². The van der Waals surface area contributed by atoms with E-state index in [0.717, 1.165) is 12.1 Å². The van der Waals surface area contributed by atoms with E-state index in [4.69, 9.17) is 4.74 Å². The first-order valence-electron chi connectivity index (χ1n) is 5.68. The van der Waals surface area contributed by atoms with E-state index < -0.39 is 6.09 Å². The summed E-state index contributed by atoms with van der Waals surface area (Å²) in [6.45, 7) is 2.36. The van der Waals surface area contributed by atoms with Gasteiger partial charge < -0.3 is 4.74 Å². The molecule has 1 heterocycles. The maximum Gasteiger partial charge on any atom is 0.411 e. The quantitative estimate of drug-likeness (QED) is 0.898. The van der Waals surface area contributed by atoms with Crippen LogP contribution in [0.25, 0.3) is 5.69 Å². The van der Waals surface area contributed by atoms with Crippen LogP contribution in [0.2, 0.25) is 0 Å². The molecular formula is C12H14N4O2. The number of hydrogen-bond donors (Lipinski definition) is 1. The smallest absolute Gasteiger partial charge is 0.411 e. The zero-order valence-electron chi connectivity index (χ0n) is 10.0. The highest BCUT2D eigenvalue weighted by Gasteiger charge is 2.02. The molecule has 0 saturated heterocycles. The fraction of sp³-hybridized carbons (Fsp3) is 0.250. The lowest BCUT2D eigenvalue weighted by Gasteiger charge is -2.06. The van der Waals surface area contributed by atoms with Crippen molar-refractivity contribution in [3.05, 3.63) is 36.9 Å². The zero-order chi connectivity index (χ0) is 12.8. The van der Waals surface area contributed by atoms with Gasteiger partial charge in [-0.25, -0.2) is 14.5 Å². The number of carbonyl (C=O) groups is 1. The standard InChI is InChI=1S/C12H14N4O2/c1-2-7-18-12(17)15-10-3-5-11(6-4-10)16-9-13-8-14-16/h3-6,8-9H,2,7H2,1H3,(H,15,17). The SMILES string of the molecule is CCCOC(=O)Nc1ccc(-n2cncn2)cc1. The number of anilines is 1. The highest BCUT2D eigenvalue weighted by molar-refractivity contribution is 5.84. The number of hydrogen-bond acceptors (Lipinski definition) is 4. The van der Waals surface area contributed by atoms with Gasteiger partial charge in [0.25, 0.3) is 0 Å². The number of aromatic nitrogens is 3. The molecule has 0 aliphatic carbocycles. The van der Waals surface area contributed by atoms with Crippen molar-refractivity contribution in [2.24, 2.45) is 0 Å². The Hall–Kier alpha value is -2.37. The Labute approximate surface area is 105 Å². The summed E-state index contributed by atoms with van der Waals surface area (Å²) in [5, 5.41) is 6.65. The summed E-state index contributed by atoms with van der Waals surface area (Å²) < 4.78 is 6.56. The number of nitrogens with one attached hydrogen (secondary N) is 1. The number of benzene rings is 1. The minimum atomic E-state index is -0.439. The maximum absolute atomic E-state index is 11.3. The maximum atomic E-state index is 11.3. The van der Waals surface area contributed by atoms with Crippen molar-refractivity contribution in [3.63, 3.8) is 0 Å². The molecule has 0 aliphatic heterocycles. The monoisotopic (exact) mass is 246 g/mol. The third-order valence-corrected chi connectivity index (χ3v) is 2.23. The number of nitrogens with zero attached hydrogens (tertiary/aromatic N) is 3. The highest BCUT2D eigenvalue weighted by Crippen LogP contribution is 2.12. The van der Waals surface area contributed by atoms with Gasteiger partial charge in [-0.05, 0) is 30.7 Å². The van der Waals surface area contributed by atoms with Gasteiger partial charge in [0.05, 0.1) is 12.3 Å². The molecule has 18 heavy (non-hydrogen) atoms. The minimum absolute atomic E-state index is 0.420. The van der Waals surface area contributed by atoms with Gasteiger partial charge in [0.1, 0.15) is 12.7 Å². The van der Waals surface area contributed by atoms with E-state index >= 15 is 0 Å². The summed E-state index contributed by atoms with van der Waals surface area (Å²) in [6.07, 6.45) is 3.44. The van der Waals surface area contributed by atoms with Gasteiger partial charge in [-0.1, -0.05) is 6.92 Å². The Morgan fingerprint density at radius 1 is 1.39 bits per heavy atom. The number of carbonyl (C=O) groups excluding carboxylic acids is 1. The van der Waals surface area contributed by atoms with Crippen LogP contribution in [0, 0.1) is 0 Å². The lowest BCUT2D eigenvalue weighted by Crippen LogP contribution is -2.14. The van der Waals surface area contributed by atoms with Crippen molar-refractivity contribution in [2.75, 3.05) is 11.9 Å². The van der Waals surface area contributed by atoms with Gasteiger partial charge in [0.2, 0.25) is 0 Å². The molecule has 0 fully saturated rings. The Balaban J connectivity index is 1.98. The first-order valence-corrected chi connectivity index (χ1v) is 5.68. The summed E-state index contributed by atoms with van der Waals surface area (Å²) in [5.41, 5.74) is 1.56. The highest BCUT2D eigenvalue weighted by atomic mass is 16.5. The molecule has 94 valence electrons. The van der Waals surface area contributed by atoms with Crippen molar-refractivity contribution in [1.82, 2.24) is 14.8 Å². The van der Waals surface area contributed by atoms with E-state index in [0.29, 0.717) is 12.3 Å². The predicted molar refractivity (Wildman–Crippen MR) is 66.6 cm³/mol. The molecule has 6 heteroatoms. The molecule has 0 atom stereocenters. The summed E-state index contributed by atoms with van der Waals surface area (Å²) in [4.78, 5) is 15.2. The van der Waals surface area contributed by atoms with E-state index in [-0.39, 0.29) is 0 Å². The third kappa shape index (κ3) is 3.07. The molecule has 0 unspecified atom stereocenters. The first-order chi connectivity index (χ1) is 8.79. The van der Waals surface area contributed by atoms with Crippen molar-refractivity contribution >= 4 is 11.8 Å². The number of rotatable bonds is 4. The van der Waals surface area contributed by atoms with Crippen molar-refractivity contribution in [3.8, 4) is 5.69 Å². The molecule has 0 aliphatic rings. The summed E-state index contributed by atoms with van der Waals surface area (Å²) in [5.74, 6) is 0. The topological polar surface area (TPSA) is 69.0 Å². The molecule has 0 saturated carbocycles. The molecule has 0 spiro atoms. The number of amides is 1. The van der Waals surface area contributed by atoms with E-state index in [1.54, 1.807) is 23.1 Å². The van der Waals surface area contributed by atoms with E-state index in [9.17, 15) is 4.79 Å². The lowest BCUT2D eigenvalue weighted by atomic mass is 10.3. The molecule has 1 aromatic heterocycles. The van der Waals surface area contributed by atoms with Gasteiger partial charge in [-0.3, -0.25) is 5.32 Å². The van der Waals surface area contributed by atoms with Crippen LogP contribution in [0.4, 0.5) is 10.5 Å². The van der Waals surface area contributed by atoms with E-state index in [2.05, 4.69) is 15.4 Å². The van der Waals surface area contributed by atoms with E-state index in [1.807, 2.05) is 19.1 Å². The van der Waals surface area contributed by atoms with Crippen LogP contribution in [0.3, 0.4) is 0 Å². The second-order valence-electron chi connectivity index (χ2n) is 3.65. The summed E-state index contributed by atoms with van der Waals surface area (Å²) in [6, 6.07) is 7.24. The van der Waals surface area contributed by atoms with Gasteiger partial charge >= 0.3 is 6.09 Å². The molecular weight excluding hydrogens is 232 g/mol. The molecule has 0 radical (unpaired) electrons. The molecule has 6 nitrogen and oxygen atoms in total. The van der Waals surface area contributed by atoms with Crippen molar-refractivity contribution in [1.29, 1.82) is 0 Å². The fourth-order valence-electron chi connectivity index (χ4n) is 1.39. The molecule has 1 aromatic carbocycles. The van der Waals surface area contributed by atoms with Crippen LogP contribution in [-0.2, 0) is 4.74 Å². The van der Waals surface area contributed by atoms with Gasteiger partial charge in [-0.2, -0.15) is 5.10 Å². The largest absolute Gasteiger partial charge is 0.449 e. The fourth-order valence-corrected chi connectivity index (χ4v) is 1.39. The Morgan fingerprint density at radius 3 is 2.78 bits per heavy atom.